The van der Waals surface area contributed by atoms with Crippen LogP contribution in [-0.4, -0.2) is 32.5 Å². The summed E-state index contributed by atoms with van der Waals surface area (Å²) < 4.78 is 43.1. The maximum atomic E-state index is 12.8. The zero-order valence-corrected chi connectivity index (χ0v) is 23.5. The number of hydrogen-bond acceptors (Lipinski definition) is 8. The fraction of sp³-hybridized carbons (Fsp3) is 0.125. The van der Waals surface area contributed by atoms with Gasteiger partial charge in [-0.05, 0) is 59.3 Å². The van der Waals surface area contributed by atoms with Crippen LogP contribution < -0.4 is 0 Å². The molecular weight excluding hydrogens is 675 g/mol. The number of carbonyl (C=O) groups excluding carboxylic acids is 1. The Hall–Kier alpha value is -4.18. The molecule has 0 aromatic heterocycles. The van der Waals surface area contributed by atoms with Gasteiger partial charge in [-0.15, -0.1) is 0 Å². The third-order valence-corrected chi connectivity index (χ3v) is 5.64. The summed E-state index contributed by atoms with van der Waals surface area (Å²) in [4.78, 5) is 40.4. The van der Waals surface area contributed by atoms with Crippen molar-refractivity contribution in [2.75, 3.05) is 11.9 Å². The summed E-state index contributed by atoms with van der Waals surface area (Å²) in [5.74, 6) is -2.28. The van der Waals surface area contributed by atoms with Crippen molar-refractivity contribution in [1.82, 2.24) is 0 Å². The minimum absolute atomic E-state index is 0.0283. The monoisotopic (exact) mass is 691 g/mol. The standard InChI is InChI=1S/C10H10FNO3.C8H5BrFNO3.C6H3BrFNO2/c1-3-15-7(2)9-5-4-8(11)6-10(9)12(13)14;9-4-8(12)6-2-1-5(10)3-7(6)11(13)14;7-5-2-1-4(8)3-6(5)9(10)11/h4-6H,2-3H2,1H3;1-3H,4H2;1-3H. The maximum Gasteiger partial charge on any atom is 0.286 e. The lowest BCUT2D eigenvalue weighted by Gasteiger charge is -2.07. The highest BCUT2D eigenvalue weighted by Crippen LogP contribution is 2.27. The summed E-state index contributed by atoms with van der Waals surface area (Å²) in [6, 6.07) is 9.43. The first-order valence-corrected chi connectivity index (χ1v) is 12.5. The van der Waals surface area contributed by atoms with E-state index in [2.05, 4.69) is 38.4 Å². The van der Waals surface area contributed by atoms with Crippen LogP contribution in [-0.2, 0) is 4.74 Å². The van der Waals surface area contributed by atoms with Gasteiger partial charge in [-0.1, -0.05) is 22.5 Å². The van der Waals surface area contributed by atoms with Crippen molar-refractivity contribution in [2.45, 2.75) is 6.92 Å². The van der Waals surface area contributed by atoms with E-state index in [0.717, 1.165) is 42.5 Å². The van der Waals surface area contributed by atoms with Crippen LogP contribution in [0.25, 0.3) is 5.76 Å². The first-order valence-electron chi connectivity index (χ1n) is 10.6. The predicted molar refractivity (Wildman–Crippen MR) is 146 cm³/mol. The van der Waals surface area contributed by atoms with Crippen molar-refractivity contribution in [3.8, 4) is 0 Å². The molecule has 0 heterocycles. The number of Topliss-reactive ketones (excluding diaryl/α,β-unsaturated/α-hetero) is 1. The highest BCUT2D eigenvalue weighted by Gasteiger charge is 2.20. The minimum Gasteiger partial charge on any atom is -0.494 e. The third-order valence-electron chi connectivity index (χ3n) is 4.46. The molecule has 0 atom stereocenters. The molecule has 3 aromatic rings. The van der Waals surface area contributed by atoms with Gasteiger partial charge in [-0.2, -0.15) is 0 Å². The molecule has 0 bridgehead atoms. The Morgan fingerprint density at radius 3 is 1.60 bits per heavy atom. The lowest BCUT2D eigenvalue weighted by molar-refractivity contribution is -0.385. The van der Waals surface area contributed by atoms with Gasteiger partial charge in [0.15, 0.2) is 5.78 Å². The zero-order valence-electron chi connectivity index (χ0n) is 20.3. The number of ketones is 1. The van der Waals surface area contributed by atoms with Gasteiger partial charge >= 0.3 is 0 Å². The number of alkyl halides is 1. The molecule has 11 nitrogen and oxygen atoms in total. The summed E-state index contributed by atoms with van der Waals surface area (Å²) >= 11 is 5.81. The Balaban J connectivity index is 0.000000304. The molecular formula is C24H18Br2F3N3O8. The number of rotatable bonds is 8. The fourth-order valence-electron chi connectivity index (χ4n) is 2.73. The van der Waals surface area contributed by atoms with Crippen LogP contribution in [0.5, 0.6) is 0 Å². The van der Waals surface area contributed by atoms with Crippen LogP contribution in [0.1, 0.15) is 22.8 Å². The second-order valence-electron chi connectivity index (χ2n) is 7.10. The third kappa shape index (κ3) is 10.2. The van der Waals surface area contributed by atoms with Gasteiger partial charge in [0.05, 0.1) is 60.5 Å². The number of nitro benzene ring substituents is 3. The van der Waals surface area contributed by atoms with E-state index >= 15 is 0 Å². The van der Waals surface area contributed by atoms with Crippen molar-refractivity contribution in [1.29, 1.82) is 0 Å². The topological polar surface area (TPSA) is 156 Å². The second-order valence-corrected chi connectivity index (χ2v) is 8.52. The van der Waals surface area contributed by atoms with Crippen molar-refractivity contribution in [2.24, 2.45) is 0 Å². The highest BCUT2D eigenvalue weighted by atomic mass is 79.9. The maximum absolute atomic E-state index is 12.8. The molecule has 0 saturated heterocycles. The first kappa shape index (κ1) is 33.8. The average molecular weight is 693 g/mol. The van der Waals surface area contributed by atoms with Crippen molar-refractivity contribution < 1.29 is 37.5 Å². The molecule has 3 rings (SSSR count). The van der Waals surface area contributed by atoms with Gasteiger partial charge in [-0.25, -0.2) is 13.2 Å². The van der Waals surface area contributed by atoms with Crippen LogP contribution in [0, 0.1) is 47.8 Å². The molecule has 0 spiro atoms. The molecule has 212 valence electrons. The van der Waals surface area contributed by atoms with Crippen LogP contribution in [0.2, 0.25) is 0 Å². The summed E-state index contributed by atoms with van der Waals surface area (Å²) in [5, 5.41) is 31.2. The van der Waals surface area contributed by atoms with Crippen molar-refractivity contribution >= 4 is 60.5 Å². The number of hydrogen-bond donors (Lipinski definition) is 0. The molecule has 0 saturated carbocycles. The lowest BCUT2D eigenvalue weighted by atomic mass is 10.1. The van der Waals surface area contributed by atoms with Crippen molar-refractivity contribution in [3.63, 3.8) is 0 Å². The molecule has 0 aliphatic heterocycles. The normalized spacial score (nSPS) is 9.75. The summed E-state index contributed by atoms with van der Waals surface area (Å²) in [6.45, 7) is 5.63. The van der Waals surface area contributed by atoms with Gasteiger partial charge in [-0.3, -0.25) is 35.1 Å². The van der Waals surface area contributed by atoms with E-state index in [1.165, 1.54) is 12.1 Å². The van der Waals surface area contributed by atoms with E-state index in [1.807, 2.05) is 0 Å². The molecule has 0 aliphatic carbocycles. The summed E-state index contributed by atoms with van der Waals surface area (Å²) in [5.41, 5.74) is -0.996. The van der Waals surface area contributed by atoms with Crippen LogP contribution in [0.15, 0.2) is 65.6 Å². The SMILES string of the molecule is C=C(OCC)c1ccc(F)cc1[N+](=O)[O-].O=C(CBr)c1ccc(F)cc1[N+](=O)[O-].O=[N+]([O-])c1cc(F)ccc1Br. The lowest BCUT2D eigenvalue weighted by Crippen LogP contribution is -2.05. The molecule has 0 amide bonds. The summed E-state index contributed by atoms with van der Waals surface area (Å²) in [7, 11) is 0. The quantitative estimate of drug-likeness (QED) is 0.0770. The first-order chi connectivity index (χ1) is 18.7. The number of benzene rings is 3. The molecule has 0 N–H and O–H groups in total. The highest BCUT2D eigenvalue weighted by molar-refractivity contribution is 9.10. The smallest absolute Gasteiger partial charge is 0.286 e. The molecule has 16 heteroatoms. The van der Waals surface area contributed by atoms with Crippen LogP contribution in [0.3, 0.4) is 0 Å². The Bertz CT molecular complexity index is 1440. The Kier molecular flexibility index (Phi) is 13.6. The van der Waals surface area contributed by atoms with Gasteiger partial charge in [0.25, 0.3) is 17.1 Å². The largest absolute Gasteiger partial charge is 0.494 e. The van der Waals surface area contributed by atoms with Gasteiger partial charge in [0.2, 0.25) is 0 Å². The number of nitro groups is 3. The molecule has 0 unspecified atom stereocenters. The second kappa shape index (κ2) is 16.0. The van der Waals surface area contributed by atoms with E-state index in [9.17, 15) is 48.3 Å². The van der Waals surface area contributed by atoms with E-state index < -0.39 is 43.7 Å². The van der Waals surface area contributed by atoms with Gasteiger partial charge in [0, 0.05) is 0 Å². The molecule has 40 heavy (non-hydrogen) atoms. The van der Waals surface area contributed by atoms with Gasteiger partial charge in [0.1, 0.15) is 23.2 Å². The number of halogens is 5. The van der Waals surface area contributed by atoms with Crippen LogP contribution >= 0.6 is 31.9 Å². The summed E-state index contributed by atoms with van der Waals surface area (Å²) in [6.07, 6.45) is 0. The molecule has 0 radical (unpaired) electrons. The van der Waals surface area contributed by atoms with E-state index in [4.69, 9.17) is 4.74 Å². The number of carbonyl (C=O) groups is 1. The minimum atomic E-state index is -0.779. The van der Waals surface area contributed by atoms with E-state index in [-0.39, 0.29) is 38.1 Å². The fourth-order valence-corrected chi connectivity index (χ4v) is 3.43. The van der Waals surface area contributed by atoms with E-state index in [1.54, 1.807) is 6.92 Å². The molecule has 0 fully saturated rings. The Morgan fingerprint density at radius 2 is 1.20 bits per heavy atom. The van der Waals surface area contributed by atoms with Gasteiger partial charge < -0.3 is 4.74 Å². The van der Waals surface area contributed by atoms with Crippen LogP contribution in [0.4, 0.5) is 30.2 Å². The Morgan fingerprint density at radius 1 is 0.800 bits per heavy atom. The molecule has 0 aliphatic rings. The van der Waals surface area contributed by atoms with E-state index in [0.29, 0.717) is 6.61 Å². The zero-order chi connectivity index (χ0) is 30.6. The van der Waals surface area contributed by atoms with Crippen molar-refractivity contribution in [3.05, 3.63) is 125 Å². The average Bonchev–Trinajstić information content (AvgIpc) is 2.90. The Labute approximate surface area is 241 Å². The number of nitrogens with zero attached hydrogens (tertiary/aromatic N) is 3. The predicted octanol–water partition coefficient (Wildman–Crippen LogP) is 7.55. The number of ether oxygens (including phenoxy) is 1. The molecule has 3 aromatic carbocycles.